The summed E-state index contributed by atoms with van der Waals surface area (Å²) in [5, 5.41) is 7.32. The summed E-state index contributed by atoms with van der Waals surface area (Å²) >= 11 is 1.82. The maximum Gasteiger partial charge on any atom is 0.0678 e. The van der Waals surface area contributed by atoms with E-state index in [1.807, 2.05) is 17.4 Å². The lowest BCUT2D eigenvalue weighted by Gasteiger charge is -2.25. The highest BCUT2D eigenvalue weighted by atomic mass is 32.1. The largest absolute Gasteiger partial charge is 0.398 e. The van der Waals surface area contributed by atoms with Crippen LogP contribution in [0.25, 0.3) is 80.8 Å². The van der Waals surface area contributed by atoms with Gasteiger partial charge < -0.3 is 5.73 Å². The van der Waals surface area contributed by atoms with Crippen LogP contribution in [-0.2, 0) is 12.0 Å². The van der Waals surface area contributed by atoms with Gasteiger partial charge in [-0.1, -0.05) is 178 Å². The van der Waals surface area contributed by atoms with Gasteiger partial charge in [-0.05, 0) is 102 Å². The molecule has 60 heavy (non-hydrogen) atoms. The Morgan fingerprint density at radius 2 is 1.17 bits per heavy atom. The zero-order valence-electron chi connectivity index (χ0n) is 33.6. The highest BCUT2D eigenvalue weighted by Crippen LogP contribution is 2.53. The maximum atomic E-state index is 7.18. The minimum Gasteiger partial charge on any atom is -0.398 e. The zero-order chi connectivity index (χ0) is 40.4. The monoisotopic (exact) mass is 786 g/mol. The summed E-state index contributed by atoms with van der Waals surface area (Å²) in [6.45, 7) is 5.31. The molecule has 1 aromatic heterocycles. The molecular formula is C57H42N2S. The van der Waals surface area contributed by atoms with E-state index in [0.717, 1.165) is 33.2 Å². The van der Waals surface area contributed by atoms with Gasteiger partial charge in [0, 0.05) is 42.4 Å². The topological polar surface area (TPSA) is 38.4 Å². The molecule has 2 nitrogen and oxygen atoms in total. The second kappa shape index (κ2) is 14.3. The predicted octanol–water partition coefficient (Wildman–Crippen LogP) is 15.0. The predicted molar refractivity (Wildman–Crippen MR) is 258 cm³/mol. The van der Waals surface area contributed by atoms with Crippen LogP contribution in [0.15, 0.2) is 199 Å². The average Bonchev–Trinajstić information content (AvgIpc) is 3.79. The highest BCUT2D eigenvalue weighted by Gasteiger charge is 2.37. The summed E-state index contributed by atoms with van der Waals surface area (Å²) in [6.07, 6.45) is 2.08. The number of hydrogen-bond acceptors (Lipinski definition) is 3. The van der Waals surface area contributed by atoms with E-state index in [2.05, 4.69) is 202 Å². The van der Waals surface area contributed by atoms with Gasteiger partial charge in [0.25, 0.3) is 0 Å². The lowest BCUT2D eigenvalue weighted by molar-refractivity contribution is 0.663. The number of aliphatic imine (C=N–C) groups is 1. The summed E-state index contributed by atoms with van der Waals surface area (Å²) in [6, 6.07) is 68.1. The highest BCUT2D eigenvalue weighted by molar-refractivity contribution is 7.25. The van der Waals surface area contributed by atoms with E-state index < -0.39 is 0 Å². The first kappa shape index (κ1) is 36.0. The van der Waals surface area contributed by atoms with Crippen molar-refractivity contribution in [1.82, 2.24) is 0 Å². The van der Waals surface area contributed by atoms with Gasteiger partial charge in [-0.15, -0.1) is 11.3 Å². The Bertz CT molecular complexity index is 3370. The van der Waals surface area contributed by atoms with Crippen molar-refractivity contribution in [2.24, 2.45) is 10.7 Å². The van der Waals surface area contributed by atoms with Crippen molar-refractivity contribution >= 4 is 64.5 Å². The first-order chi connectivity index (χ1) is 29.4. The van der Waals surface area contributed by atoms with E-state index in [-0.39, 0.29) is 5.41 Å². The number of nitrogens with two attached hydrogens (primary N) is 1. The number of thiophene rings is 1. The molecule has 1 heterocycles. The Kier molecular flexibility index (Phi) is 8.61. The van der Waals surface area contributed by atoms with Crippen LogP contribution >= 0.6 is 11.3 Å². The van der Waals surface area contributed by atoms with Gasteiger partial charge >= 0.3 is 0 Å². The molecule has 1 aliphatic carbocycles. The van der Waals surface area contributed by atoms with Crippen molar-refractivity contribution < 1.29 is 0 Å². The van der Waals surface area contributed by atoms with Crippen LogP contribution in [0.3, 0.4) is 0 Å². The molecule has 1 aliphatic rings. The molecular weight excluding hydrogens is 745 g/mol. The Morgan fingerprint density at radius 1 is 0.533 bits per heavy atom. The minimum absolute atomic E-state index is 0.125. The molecule has 0 bridgehead atoms. The number of benzene rings is 9. The zero-order valence-corrected chi connectivity index (χ0v) is 34.4. The molecule has 0 fully saturated rings. The van der Waals surface area contributed by atoms with E-state index in [4.69, 9.17) is 10.7 Å². The molecule has 0 spiro atoms. The summed E-state index contributed by atoms with van der Waals surface area (Å²) in [5.41, 5.74) is 22.2. The van der Waals surface area contributed by atoms with Gasteiger partial charge in [0.2, 0.25) is 0 Å². The standard InChI is InChI=1S/C57H42N2S/c1-57(2)50-33-40-17-7-6-16-39(40)32-49(50)46-22-12-21-42(56(46)57)38-28-26-37(27-29-38)41-30-31-45(44-19-9-8-18-43(41)44)51(58)34-52(59-35-36-14-4-3-5-15-36)47-23-13-25-54-55(47)48-20-10-11-24-53(48)60-54/h3-34H,35,58H2,1-2H3/b51-34-,59-52?. The van der Waals surface area contributed by atoms with Gasteiger partial charge in [-0.2, -0.15) is 0 Å². The molecule has 0 saturated carbocycles. The van der Waals surface area contributed by atoms with E-state index in [9.17, 15) is 0 Å². The average molecular weight is 787 g/mol. The van der Waals surface area contributed by atoms with Crippen molar-refractivity contribution in [1.29, 1.82) is 0 Å². The van der Waals surface area contributed by atoms with Gasteiger partial charge in [0.05, 0.1) is 12.3 Å². The van der Waals surface area contributed by atoms with E-state index in [0.29, 0.717) is 12.2 Å². The molecule has 0 radical (unpaired) electrons. The summed E-state index contributed by atoms with van der Waals surface area (Å²) < 4.78 is 2.51. The van der Waals surface area contributed by atoms with Crippen LogP contribution in [-0.4, -0.2) is 5.71 Å². The molecule has 0 atom stereocenters. The Morgan fingerprint density at radius 3 is 1.97 bits per heavy atom. The molecule has 0 aliphatic heterocycles. The van der Waals surface area contributed by atoms with Crippen LogP contribution in [0.2, 0.25) is 0 Å². The van der Waals surface area contributed by atoms with Crippen molar-refractivity contribution in [2.75, 3.05) is 0 Å². The third-order valence-corrected chi connectivity index (χ3v) is 13.7. The number of allylic oxidation sites excluding steroid dienone is 1. The number of rotatable bonds is 7. The van der Waals surface area contributed by atoms with E-state index in [1.165, 1.54) is 75.5 Å². The normalized spacial score (nSPS) is 13.6. The molecule has 9 aromatic carbocycles. The second-order valence-corrected chi connectivity index (χ2v) is 17.5. The van der Waals surface area contributed by atoms with Crippen LogP contribution in [0, 0.1) is 0 Å². The summed E-state index contributed by atoms with van der Waals surface area (Å²) in [5.74, 6) is 0. The third kappa shape index (κ3) is 5.96. The first-order valence-electron chi connectivity index (χ1n) is 20.7. The fourth-order valence-electron chi connectivity index (χ4n) is 9.62. The van der Waals surface area contributed by atoms with E-state index in [1.54, 1.807) is 0 Å². The summed E-state index contributed by atoms with van der Waals surface area (Å²) in [7, 11) is 0. The fraction of sp³-hybridized carbons (Fsp3) is 0.0702. The first-order valence-corrected chi connectivity index (χ1v) is 21.5. The molecule has 3 heteroatoms. The number of hydrogen-bond donors (Lipinski definition) is 1. The van der Waals surface area contributed by atoms with Gasteiger partial charge in [0.1, 0.15) is 0 Å². The molecule has 0 saturated heterocycles. The summed E-state index contributed by atoms with van der Waals surface area (Å²) in [4.78, 5) is 5.26. The SMILES string of the molecule is CC1(C)c2cc3ccccc3cc2-c2cccc(-c3ccc(-c4ccc(/C(N)=C/C(=NCc5ccccc5)c5cccc6sc7ccccc7c56)c5ccccc45)cc3)c21. The van der Waals surface area contributed by atoms with Crippen LogP contribution < -0.4 is 5.73 Å². The molecule has 286 valence electrons. The van der Waals surface area contributed by atoms with Crippen molar-refractivity contribution in [3.8, 4) is 33.4 Å². The molecule has 10 aromatic rings. The van der Waals surface area contributed by atoms with Crippen molar-refractivity contribution in [3.63, 3.8) is 0 Å². The van der Waals surface area contributed by atoms with Crippen LogP contribution in [0.4, 0.5) is 0 Å². The quantitative estimate of drug-likeness (QED) is 0.161. The minimum atomic E-state index is -0.125. The third-order valence-electron chi connectivity index (χ3n) is 12.5. The number of nitrogens with zero attached hydrogens (tertiary/aromatic N) is 1. The fourth-order valence-corrected chi connectivity index (χ4v) is 10.8. The molecule has 0 amide bonds. The smallest absolute Gasteiger partial charge is 0.0678 e. The molecule has 2 N–H and O–H groups in total. The van der Waals surface area contributed by atoms with Crippen LogP contribution in [0.5, 0.6) is 0 Å². The lowest BCUT2D eigenvalue weighted by atomic mass is 9.78. The van der Waals surface area contributed by atoms with Crippen molar-refractivity contribution in [3.05, 3.63) is 222 Å². The lowest BCUT2D eigenvalue weighted by Crippen LogP contribution is -2.16. The van der Waals surface area contributed by atoms with Gasteiger partial charge in [-0.3, -0.25) is 4.99 Å². The van der Waals surface area contributed by atoms with Gasteiger partial charge in [0.15, 0.2) is 0 Å². The molecule has 0 unspecified atom stereocenters. The van der Waals surface area contributed by atoms with E-state index >= 15 is 0 Å². The Balaban J connectivity index is 0.977. The van der Waals surface area contributed by atoms with Crippen molar-refractivity contribution in [2.45, 2.75) is 25.8 Å². The molecule has 11 rings (SSSR count). The maximum absolute atomic E-state index is 7.18. The second-order valence-electron chi connectivity index (χ2n) is 16.4. The van der Waals surface area contributed by atoms with Gasteiger partial charge in [-0.25, -0.2) is 0 Å². The Labute approximate surface area is 354 Å². The Hall–Kier alpha value is -7.07. The van der Waals surface area contributed by atoms with Crippen LogP contribution in [0.1, 0.15) is 41.7 Å². The number of fused-ring (bicyclic) bond motifs is 8.